The Morgan fingerprint density at radius 2 is 1.85 bits per heavy atom. The van der Waals surface area contributed by atoms with Crippen LogP contribution in [0.3, 0.4) is 0 Å². The first-order valence-electron chi connectivity index (χ1n) is 7.29. The van der Waals surface area contributed by atoms with Gasteiger partial charge in [0.05, 0.1) is 6.54 Å². The molecule has 5 nitrogen and oxygen atoms in total. The molecule has 7 heteroatoms. The summed E-state index contributed by atoms with van der Waals surface area (Å²) in [6.45, 7) is 8.71. The largest absolute Gasteiger partial charge is 0.370 e. The summed E-state index contributed by atoms with van der Waals surface area (Å²) >= 11 is 2.00. The van der Waals surface area contributed by atoms with Crippen LogP contribution in [0.4, 0.5) is 0 Å². The van der Waals surface area contributed by atoms with Crippen molar-refractivity contribution in [3.63, 3.8) is 0 Å². The summed E-state index contributed by atoms with van der Waals surface area (Å²) in [7, 11) is 2.20. The van der Waals surface area contributed by atoms with E-state index in [1.807, 2.05) is 11.8 Å². The van der Waals surface area contributed by atoms with Gasteiger partial charge in [-0.25, -0.2) is 0 Å². The topological polar surface area (TPSA) is 48.1 Å². The van der Waals surface area contributed by atoms with Crippen LogP contribution in [-0.4, -0.2) is 91.6 Å². The smallest absolute Gasteiger partial charge is 0.191 e. The monoisotopic (exact) mass is 413 g/mol. The average molecular weight is 413 g/mol. The van der Waals surface area contributed by atoms with Crippen LogP contribution < -0.4 is 5.73 Å². The maximum absolute atomic E-state index is 6.06. The molecule has 2 rings (SSSR count). The number of nitrogens with zero attached hydrogens (tertiary/aromatic N) is 4. The van der Waals surface area contributed by atoms with Crippen molar-refractivity contribution in [2.45, 2.75) is 6.42 Å². The van der Waals surface area contributed by atoms with E-state index in [-0.39, 0.29) is 24.0 Å². The van der Waals surface area contributed by atoms with E-state index in [2.05, 4.69) is 26.7 Å². The minimum Gasteiger partial charge on any atom is -0.370 e. The maximum Gasteiger partial charge on any atom is 0.191 e. The first-order valence-corrected chi connectivity index (χ1v) is 8.44. The standard InChI is InChI=1S/C13H27N5S.HI/c1-16-4-2-5-17(8-7-16)6-3-15-13(14)18-9-11-19-12-10-18;/h2-12H2,1H3,(H2,14,15);1H. The van der Waals surface area contributed by atoms with E-state index in [4.69, 9.17) is 5.73 Å². The first kappa shape index (κ1) is 18.3. The van der Waals surface area contributed by atoms with Crippen LogP contribution in [0.5, 0.6) is 0 Å². The fourth-order valence-electron chi connectivity index (χ4n) is 2.52. The normalized spacial score (nSPS) is 23.2. The highest BCUT2D eigenvalue weighted by Gasteiger charge is 2.13. The lowest BCUT2D eigenvalue weighted by atomic mass is 10.4. The molecule has 0 amide bonds. The van der Waals surface area contributed by atoms with Gasteiger partial charge in [0.25, 0.3) is 0 Å². The Kier molecular flexibility index (Phi) is 9.23. The van der Waals surface area contributed by atoms with Crippen LogP contribution >= 0.6 is 35.7 Å². The molecule has 2 aliphatic rings. The van der Waals surface area contributed by atoms with Gasteiger partial charge < -0.3 is 20.4 Å². The van der Waals surface area contributed by atoms with Gasteiger partial charge >= 0.3 is 0 Å². The fraction of sp³-hybridized carbons (Fsp3) is 0.923. The Balaban J connectivity index is 0.00000200. The van der Waals surface area contributed by atoms with Crippen molar-refractivity contribution in [2.24, 2.45) is 10.7 Å². The molecular formula is C13H28IN5S. The van der Waals surface area contributed by atoms with Crippen LogP contribution in [0.1, 0.15) is 6.42 Å². The molecule has 2 fully saturated rings. The van der Waals surface area contributed by atoms with Crippen molar-refractivity contribution < 1.29 is 0 Å². The van der Waals surface area contributed by atoms with Gasteiger partial charge in [0, 0.05) is 44.2 Å². The van der Waals surface area contributed by atoms with Gasteiger partial charge in [0.15, 0.2) is 5.96 Å². The van der Waals surface area contributed by atoms with E-state index in [0.29, 0.717) is 0 Å². The van der Waals surface area contributed by atoms with E-state index in [1.54, 1.807) is 0 Å². The summed E-state index contributed by atoms with van der Waals surface area (Å²) in [5.74, 6) is 3.09. The quantitative estimate of drug-likeness (QED) is 0.418. The van der Waals surface area contributed by atoms with Crippen LogP contribution in [0.15, 0.2) is 4.99 Å². The third-order valence-electron chi connectivity index (χ3n) is 3.84. The summed E-state index contributed by atoms with van der Waals surface area (Å²) in [5.41, 5.74) is 6.06. The molecule has 2 saturated heterocycles. The van der Waals surface area contributed by atoms with Crippen molar-refractivity contribution in [1.82, 2.24) is 14.7 Å². The van der Waals surface area contributed by atoms with Gasteiger partial charge in [-0.3, -0.25) is 4.99 Å². The molecule has 0 aromatic carbocycles. The zero-order valence-electron chi connectivity index (χ0n) is 12.5. The molecule has 2 N–H and O–H groups in total. The molecule has 0 bridgehead atoms. The number of rotatable bonds is 3. The molecular weight excluding hydrogens is 385 g/mol. The van der Waals surface area contributed by atoms with Crippen molar-refractivity contribution in [3.05, 3.63) is 0 Å². The van der Waals surface area contributed by atoms with E-state index in [1.165, 1.54) is 37.6 Å². The van der Waals surface area contributed by atoms with E-state index >= 15 is 0 Å². The summed E-state index contributed by atoms with van der Waals surface area (Å²) in [6.07, 6.45) is 1.26. The molecule has 0 aromatic heterocycles. The van der Waals surface area contributed by atoms with E-state index < -0.39 is 0 Å². The molecule has 2 heterocycles. The molecule has 0 aromatic rings. The molecule has 0 atom stereocenters. The van der Waals surface area contributed by atoms with Gasteiger partial charge in [-0.15, -0.1) is 24.0 Å². The number of aliphatic imine (C=N–C) groups is 1. The van der Waals surface area contributed by atoms with Gasteiger partial charge in [-0.2, -0.15) is 11.8 Å². The molecule has 2 aliphatic heterocycles. The maximum atomic E-state index is 6.06. The highest BCUT2D eigenvalue weighted by Crippen LogP contribution is 2.08. The van der Waals surface area contributed by atoms with Gasteiger partial charge in [-0.1, -0.05) is 0 Å². The number of guanidine groups is 1. The van der Waals surface area contributed by atoms with Crippen molar-refractivity contribution >= 4 is 41.7 Å². The first-order chi connectivity index (χ1) is 9.25. The number of likely N-dealkylation sites (N-methyl/N-ethyl adjacent to an activating group) is 1. The summed E-state index contributed by atoms with van der Waals surface area (Å²) < 4.78 is 0. The lowest BCUT2D eigenvalue weighted by Crippen LogP contribution is -2.43. The lowest BCUT2D eigenvalue weighted by molar-refractivity contribution is 0.283. The Bertz CT molecular complexity index is 296. The number of hydrogen-bond donors (Lipinski definition) is 1. The van der Waals surface area contributed by atoms with Crippen LogP contribution in [0.2, 0.25) is 0 Å². The minimum atomic E-state index is 0. The summed E-state index contributed by atoms with van der Waals surface area (Å²) in [4.78, 5) is 11.7. The molecule has 20 heavy (non-hydrogen) atoms. The number of thioether (sulfide) groups is 1. The molecule has 0 radical (unpaired) electrons. The third-order valence-corrected chi connectivity index (χ3v) is 4.78. The van der Waals surface area contributed by atoms with Crippen molar-refractivity contribution in [1.29, 1.82) is 0 Å². The van der Waals surface area contributed by atoms with Gasteiger partial charge in [0.1, 0.15) is 0 Å². The SMILES string of the molecule is CN1CCCN(CCN=C(N)N2CCSCC2)CC1.I. The lowest BCUT2D eigenvalue weighted by Gasteiger charge is -2.27. The molecule has 118 valence electrons. The molecule has 0 unspecified atom stereocenters. The van der Waals surface area contributed by atoms with Crippen LogP contribution in [0.25, 0.3) is 0 Å². The number of nitrogens with two attached hydrogens (primary N) is 1. The van der Waals surface area contributed by atoms with Gasteiger partial charge in [-0.05, 0) is 26.6 Å². The van der Waals surface area contributed by atoms with Crippen molar-refractivity contribution in [2.75, 3.05) is 70.9 Å². The predicted octanol–water partition coefficient (Wildman–Crippen LogP) is 0.605. The number of halogens is 1. The Labute approximate surface area is 144 Å². The third kappa shape index (κ3) is 6.36. The fourth-order valence-corrected chi connectivity index (χ4v) is 3.43. The summed E-state index contributed by atoms with van der Waals surface area (Å²) in [5, 5.41) is 0. The molecule has 0 saturated carbocycles. The van der Waals surface area contributed by atoms with E-state index in [9.17, 15) is 0 Å². The van der Waals surface area contributed by atoms with Crippen LogP contribution in [-0.2, 0) is 0 Å². The molecule has 0 spiro atoms. The second-order valence-electron chi connectivity index (χ2n) is 5.34. The Morgan fingerprint density at radius 1 is 1.10 bits per heavy atom. The second-order valence-corrected chi connectivity index (χ2v) is 6.56. The molecule has 0 aliphatic carbocycles. The second kappa shape index (κ2) is 10.1. The zero-order valence-corrected chi connectivity index (χ0v) is 15.6. The predicted molar refractivity (Wildman–Crippen MR) is 99.4 cm³/mol. The summed E-state index contributed by atoms with van der Waals surface area (Å²) in [6, 6.07) is 0. The Hall–Kier alpha value is 0.270. The van der Waals surface area contributed by atoms with Crippen LogP contribution in [0, 0.1) is 0 Å². The minimum absolute atomic E-state index is 0. The Morgan fingerprint density at radius 3 is 2.60 bits per heavy atom. The van der Waals surface area contributed by atoms with Gasteiger partial charge in [0.2, 0.25) is 0 Å². The van der Waals surface area contributed by atoms with Crippen molar-refractivity contribution in [3.8, 4) is 0 Å². The highest BCUT2D eigenvalue weighted by atomic mass is 127. The average Bonchev–Trinajstić information content (AvgIpc) is 2.65. The van der Waals surface area contributed by atoms with E-state index in [0.717, 1.165) is 38.7 Å². The zero-order chi connectivity index (χ0) is 13.5. The number of hydrogen-bond acceptors (Lipinski definition) is 4. The highest BCUT2D eigenvalue weighted by molar-refractivity contribution is 14.0.